The van der Waals surface area contributed by atoms with Crippen molar-refractivity contribution in [3.63, 3.8) is 0 Å². The quantitative estimate of drug-likeness (QED) is 0.204. The van der Waals surface area contributed by atoms with Gasteiger partial charge >= 0.3 is 0 Å². The van der Waals surface area contributed by atoms with Crippen molar-refractivity contribution in [1.82, 2.24) is 15.0 Å². The van der Waals surface area contributed by atoms with Crippen LogP contribution < -0.4 is 0 Å². The first-order chi connectivity index (χ1) is 22.6. The molecule has 8 aromatic rings. The van der Waals surface area contributed by atoms with Crippen molar-refractivity contribution < 1.29 is 4.42 Å². The van der Waals surface area contributed by atoms with Crippen LogP contribution >= 0.6 is 0 Å². The molecule has 2 heterocycles. The SMILES string of the molecule is CC1(C)c2ccccc2-c2cccc(-c3cccc4oc5ccc(-c6nc(-c7ccccc7)nc(-c7ccccc7)n6)cc5c34)c21. The molecule has 0 atom stereocenters. The van der Waals surface area contributed by atoms with Gasteiger partial charge in [-0.2, -0.15) is 0 Å². The zero-order chi connectivity index (χ0) is 30.8. The van der Waals surface area contributed by atoms with Crippen LogP contribution in [0.15, 0.2) is 144 Å². The lowest BCUT2D eigenvalue weighted by Gasteiger charge is -2.24. The van der Waals surface area contributed by atoms with Gasteiger partial charge in [0, 0.05) is 32.9 Å². The summed E-state index contributed by atoms with van der Waals surface area (Å²) in [4.78, 5) is 14.9. The molecule has 46 heavy (non-hydrogen) atoms. The lowest BCUT2D eigenvalue weighted by Crippen LogP contribution is -2.16. The molecule has 9 rings (SSSR count). The Bertz CT molecular complexity index is 2380. The van der Waals surface area contributed by atoms with Crippen LogP contribution in [0.5, 0.6) is 0 Å². The highest BCUT2D eigenvalue weighted by Gasteiger charge is 2.37. The second-order valence-electron chi connectivity index (χ2n) is 12.4. The Balaban J connectivity index is 1.26. The molecular formula is C42H29N3O. The van der Waals surface area contributed by atoms with Crippen LogP contribution in [0, 0.1) is 0 Å². The molecule has 1 aliphatic rings. The average Bonchev–Trinajstić information content (AvgIpc) is 3.61. The average molecular weight is 592 g/mol. The first-order valence-corrected chi connectivity index (χ1v) is 15.6. The van der Waals surface area contributed by atoms with E-state index in [2.05, 4.69) is 80.6 Å². The normalized spacial score (nSPS) is 13.2. The molecule has 0 radical (unpaired) electrons. The van der Waals surface area contributed by atoms with Crippen molar-refractivity contribution in [2.75, 3.05) is 0 Å². The summed E-state index contributed by atoms with van der Waals surface area (Å²) in [5.41, 5.74) is 12.1. The Kier molecular flexibility index (Phi) is 5.81. The maximum Gasteiger partial charge on any atom is 0.164 e. The second-order valence-corrected chi connectivity index (χ2v) is 12.4. The van der Waals surface area contributed by atoms with Crippen LogP contribution in [0.1, 0.15) is 25.0 Å². The topological polar surface area (TPSA) is 51.8 Å². The Hall–Kier alpha value is -5.87. The smallest absolute Gasteiger partial charge is 0.164 e. The fraction of sp³-hybridized carbons (Fsp3) is 0.0714. The third-order valence-electron chi connectivity index (χ3n) is 9.32. The number of fused-ring (bicyclic) bond motifs is 6. The third kappa shape index (κ3) is 4.04. The molecule has 1 aliphatic carbocycles. The molecule has 4 nitrogen and oxygen atoms in total. The van der Waals surface area contributed by atoms with Crippen molar-refractivity contribution in [2.45, 2.75) is 19.3 Å². The summed E-state index contributed by atoms with van der Waals surface area (Å²) in [6, 6.07) is 48.3. The predicted octanol–water partition coefficient (Wildman–Crippen LogP) is 10.7. The molecule has 4 heteroatoms. The number of hydrogen-bond acceptors (Lipinski definition) is 4. The fourth-order valence-electron chi connectivity index (χ4n) is 7.20. The van der Waals surface area contributed by atoms with Crippen molar-refractivity contribution >= 4 is 21.9 Å². The van der Waals surface area contributed by atoms with Crippen LogP contribution in [0.3, 0.4) is 0 Å². The summed E-state index contributed by atoms with van der Waals surface area (Å²) >= 11 is 0. The number of aromatic nitrogens is 3. The summed E-state index contributed by atoms with van der Waals surface area (Å²) < 4.78 is 6.47. The number of furan rings is 1. The van der Waals surface area contributed by atoms with Crippen molar-refractivity contribution in [1.29, 1.82) is 0 Å². The minimum Gasteiger partial charge on any atom is -0.456 e. The first kappa shape index (κ1) is 26.5. The Morgan fingerprint density at radius 3 is 1.70 bits per heavy atom. The van der Waals surface area contributed by atoms with Gasteiger partial charge in [-0.1, -0.05) is 129 Å². The van der Waals surface area contributed by atoms with E-state index in [1.54, 1.807) is 0 Å². The molecule has 0 bridgehead atoms. The highest BCUT2D eigenvalue weighted by molar-refractivity contribution is 6.14. The standard InChI is InChI=1S/C42H29N3O/c1-42(2)34-21-10-9-17-29(34)31-19-11-20-32(38(31)42)30-18-12-22-36-37(30)33-25-28(23-24-35(33)46-36)41-44-39(26-13-5-3-6-14-26)43-40(45-41)27-15-7-4-8-16-27/h3-25H,1-2H3. The van der Waals surface area contributed by atoms with Gasteiger partial charge in [-0.05, 0) is 57.6 Å². The van der Waals surface area contributed by atoms with Crippen LogP contribution in [-0.2, 0) is 5.41 Å². The summed E-state index contributed by atoms with van der Waals surface area (Å²) in [5, 5.41) is 2.14. The molecular weight excluding hydrogens is 562 g/mol. The minimum absolute atomic E-state index is 0.137. The van der Waals surface area contributed by atoms with E-state index in [1.807, 2.05) is 72.8 Å². The molecule has 6 aromatic carbocycles. The highest BCUT2D eigenvalue weighted by Crippen LogP contribution is 2.53. The van der Waals surface area contributed by atoms with Gasteiger partial charge in [-0.3, -0.25) is 0 Å². The molecule has 0 spiro atoms. The van der Waals surface area contributed by atoms with Gasteiger partial charge in [0.05, 0.1) is 0 Å². The monoisotopic (exact) mass is 591 g/mol. The second kappa shape index (κ2) is 10.1. The zero-order valence-corrected chi connectivity index (χ0v) is 25.5. The number of nitrogens with zero attached hydrogens (tertiary/aromatic N) is 3. The van der Waals surface area contributed by atoms with Crippen LogP contribution in [0.25, 0.3) is 78.4 Å². The molecule has 0 unspecified atom stereocenters. The lowest BCUT2D eigenvalue weighted by atomic mass is 9.78. The molecule has 218 valence electrons. The highest BCUT2D eigenvalue weighted by atomic mass is 16.3. The van der Waals surface area contributed by atoms with E-state index in [1.165, 1.54) is 27.8 Å². The molecule has 0 N–H and O–H groups in total. The van der Waals surface area contributed by atoms with Gasteiger partial charge < -0.3 is 4.42 Å². The van der Waals surface area contributed by atoms with Gasteiger partial charge in [0.1, 0.15) is 11.2 Å². The fourth-order valence-corrected chi connectivity index (χ4v) is 7.20. The van der Waals surface area contributed by atoms with Crippen LogP contribution in [0.4, 0.5) is 0 Å². The first-order valence-electron chi connectivity index (χ1n) is 15.6. The summed E-state index contributed by atoms with van der Waals surface area (Å²) in [6.07, 6.45) is 0. The largest absolute Gasteiger partial charge is 0.456 e. The minimum atomic E-state index is -0.137. The number of hydrogen-bond donors (Lipinski definition) is 0. The maximum atomic E-state index is 6.47. The van der Waals surface area contributed by atoms with E-state index >= 15 is 0 Å². The summed E-state index contributed by atoms with van der Waals surface area (Å²) in [6.45, 7) is 4.67. The zero-order valence-electron chi connectivity index (χ0n) is 25.5. The Morgan fingerprint density at radius 1 is 0.457 bits per heavy atom. The van der Waals surface area contributed by atoms with Gasteiger partial charge in [-0.25, -0.2) is 15.0 Å². The summed E-state index contributed by atoms with van der Waals surface area (Å²) in [7, 11) is 0. The molecule has 2 aromatic heterocycles. The molecule has 0 saturated carbocycles. The van der Waals surface area contributed by atoms with E-state index in [4.69, 9.17) is 19.4 Å². The summed E-state index contributed by atoms with van der Waals surface area (Å²) in [5.74, 6) is 1.91. The van der Waals surface area contributed by atoms with Gasteiger partial charge in [0.15, 0.2) is 17.5 Å². The molecule has 0 aliphatic heterocycles. The van der Waals surface area contributed by atoms with Crippen LogP contribution in [-0.4, -0.2) is 15.0 Å². The van der Waals surface area contributed by atoms with Crippen molar-refractivity contribution in [3.05, 3.63) is 151 Å². The third-order valence-corrected chi connectivity index (χ3v) is 9.32. The Morgan fingerprint density at radius 2 is 1.00 bits per heavy atom. The predicted molar refractivity (Wildman–Crippen MR) is 186 cm³/mol. The maximum absolute atomic E-state index is 6.47. The van der Waals surface area contributed by atoms with Crippen LogP contribution in [0.2, 0.25) is 0 Å². The van der Waals surface area contributed by atoms with Crippen molar-refractivity contribution in [2.24, 2.45) is 0 Å². The van der Waals surface area contributed by atoms with Gasteiger partial charge in [0.2, 0.25) is 0 Å². The lowest BCUT2D eigenvalue weighted by molar-refractivity contribution is 0.662. The molecule has 0 amide bonds. The van der Waals surface area contributed by atoms with E-state index in [0.29, 0.717) is 17.5 Å². The van der Waals surface area contributed by atoms with E-state index in [-0.39, 0.29) is 5.41 Å². The van der Waals surface area contributed by atoms with E-state index in [9.17, 15) is 0 Å². The number of rotatable bonds is 4. The number of benzene rings is 6. The van der Waals surface area contributed by atoms with E-state index in [0.717, 1.165) is 44.2 Å². The van der Waals surface area contributed by atoms with E-state index < -0.39 is 0 Å². The van der Waals surface area contributed by atoms with Crippen molar-refractivity contribution in [3.8, 4) is 56.4 Å². The van der Waals surface area contributed by atoms with Gasteiger partial charge in [-0.15, -0.1) is 0 Å². The van der Waals surface area contributed by atoms with Gasteiger partial charge in [0.25, 0.3) is 0 Å². The molecule has 0 fully saturated rings. The molecule has 0 saturated heterocycles. The Labute approximate surface area is 267 Å².